The third-order valence-electron chi connectivity index (χ3n) is 1.33. The maximum Gasteiger partial charge on any atom is 0.265 e. The molecule has 0 radical (unpaired) electrons. The number of nitrogens with two attached hydrogens (primary N) is 2. The van der Waals surface area contributed by atoms with Crippen LogP contribution in [0.4, 0.5) is 5.69 Å². The second-order valence-electron chi connectivity index (χ2n) is 2.05. The molecule has 1 amide bonds. The van der Waals surface area contributed by atoms with Crippen LogP contribution < -0.4 is 11.6 Å². The first-order chi connectivity index (χ1) is 5.57. The summed E-state index contributed by atoms with van der Waals surface area (Å²) in [7, 11) is 0. The molecule has 1 aromatic rings. The van der Waals surface area contributed by atoms with Crippen LogP contribution in [0.25, 0.3) is 4.85 Å². The van der Waals surface area contributed by atoms with E-state index < -0.39 is 5.91 Å². The Labute approximate surface area is 73.3 Å². The van der Waals surface area contributed by atoms with E-state index in [4.69, 9.17) is 29.7 Å². The Morgan fingerprint density at radius 2 is 2.33 bits per heavy atom. The first-order valence-electron chi connectivity index (χ1n) is 2.91. The molecule has 0 spiro atoms. The standard InChI is InChI=1S/C6H5ClN4O/c1-10-3-2-4(6(8)12)11(9)5(3)7/h2H,9H2,(H2,8,12). The molecule has 1 aromatic heterocycles. The van der Waals surface area contributed by atoms with Crippen molar-refractivity contribution >= 4 is 23.2 Å². The van der Waals surface area contributed by atoms with Gasteiger partial charge in [-0.15, -0.1) is 0 Å². The second kappa shape index (κ2) is 2.75. The Kier molecular flexibility index (Phi) is 1.93. The SMILES string of the molecule is [C-]#[N+]c1cc(C(N)=O)n(N)c1Cl. The average Bonchev–Trinajstić information content (AvgIpc) is 2.30. The molecule has 5 nitrogen and oxygen atoms in total. The Balaban J connectivity index is 3.37. The summed E-state index contributed by atoms with van der Waals surface area (Å²) in [4.78, 5) is 13.7. The predicted octanol–water partition coefficient (Wildman–Crippen LogP) is 0.505. The summed E-state index contributed by atoms with van der Waals surface area (Å²) in [6, 6.07) is 1.25. The first-order valence-corrected chi connectivity index (χ1v) is 3.29. The van der Waals surface area contributed by atoms with Crippen LogP contribution >= 0.6 is 11.6 Å². The summed E-state index contributed by atoms with van der Waals surface area (Å²) in [5.41, 5.74) is 5.09. The van der Waals surface area contributed by atoms with E-state index in [0.29, 0.717) is 0 Å². The van der Waals surface area contributed by atoms with Gasteiger partial charge in [0.05, 0.1) is 6.57 Å². The summed E-state index contributed by atoms with van der Waals surface area (Å²) >= 11 is 5.57. The van der Waals surface area contributed by atoms with Crippen LogP contribution in [0.2, 0.25) is 5.15 Å². The molecule has 0 saturated carbocycles. The van der Waals surface area contributed by atoms with Crippen LogP contribution in [0.5, 0.6) is 0 Å². The van der Waals surface area contributed by atoms with Gasteiger partial charge in [-0.3, -0.25) is 9.47 Å². The second-order valence-corrected chi connectivity index (χ2v) is 2.41. The number of amides is 1. The smallest absolute Gasteiger partial charge is 0.265 e. The lowest BCUT2D eigenvalue weighted by atomic mass is 10.4. The molecule has 4 N–H and O–H groups in total. The molecule has 12 heavy (non-hydrogen) atoms. The minimum atomic E-state index is -0.714. The molecule has 1 rings (SSSR count). The number of carbonyl (C=O) groups is 1. The third kappa shape index (κ3) is 1.08. The van der Waals surface area contributed by atoms with Crippen LogP contribution in [-0.4, -0.2) is 10.6 Å². The Morgan fingerprint density at radius 1 is 1.75 bits per heavy atom. The van der Waals surface area contributed by atoms with Crippen molar-refractivity contribution in [1.29, 1.82) is 0 Å². The first kappa shape index (κ1) is 8.43. The van der Waals surface area contributed by atoms with Gasteiger partial charge in [0.1, 0.15) is 10.8 Å². The summed E-state index contributed by atoms with van der Waals surface area (Å²) in [6.07, 6.45) is 0. The highest BCUT2D eigenvalue weighted by molar-refractivity contribution is 6.32. The van der Waals surface area contributed by atoms with Gasteiger partial charge in [0.2, 0.25) is 5.69 Å². The molecule has 0 aromatic carbocycles. The molecular formula is C6H5ClN4O. The Bertz CT molecular complexity index is 376. The van der Waals surface area contributed by atoms with Gasteiger partial charge in [-0.25, -0.2) is 4.85 Å². The van der Waals surface area contributed by atoms with Crippen LogP contribution in [0, 0.1) is 6.57 Å². The molecule has 0 aliphatic carbocycles. The van der Waals surface area contributed by atoms with Crippen LogP contribution in [0.15, 0.2) is 6.07 Å². The lowest BCUT2D eigenvalue weighted by Gasteiger charge is -1.98. The number of hydrogen-bond acceptors (Lipinski definition) is 2. The Hall–Kier alpha value is -1.67. The van der Waals surface area contributed by atoms with Gasteiger partial charge in [-0.05, 0) is 6.07 Å². The molecule has 0 atom stereocenters. The monoisotopic (exact) mass is 184 g/mol. The number of rotatable bonds is 1. The van der Waals surface area contributed by atoms with Crippen molar-refractivity contribution in [2.75, 3.05) is 5.84 Å². The van der Waals surface area contributed by atoms with E-state index in [1.165, 1.54) is 6.07 Å². The van der Waals surface area contributed by atoms with Gasteiger partial charge in [0.25, 0.3) is 5.91 Å². The highest BCUT2D eigenvalue weighted by atomic mass is 35.5. The number of primary amides is 1. The highest BCUT2D eigenvalue weighted by Gasteiger charge is 2.14. The number of carbonyl (C=O) groups excluding carboxylic acids is 1. The molecule has 1 heterocycles. The highest BCUT2D eigenvalue weighted by Crippen LogP contribution is 2.26. The summed E-state index contributed by atoms with van der Waals surface area (Å²) in [5.74, 6) is 4.61. The largest absolute Gasteiger partial charge is 0.364 e. The van der Waals surface area contributed by atoms with Crippen molar-refractivity contribution in [3.63, 3.8) is 0 Å². The molecule has 6 heteroatoms. The number of nitrogen functional groups attached to an aromatic ring is 1. The minimum Gasteiger partial charge on any atom is -0.364 e. The van der Waals surface area contributed by atoms with Crippen LogP contribution in [0.1, 0.15) is 10.5 Å². The van der Waals surface area contributed by atoms with E-state index >= 15 is 0 Å². The topological polar surface area (TPSA) is 78.4 Å². The number of aromatic nitrogens is 1. The molecule has 0 bridgehead atoms. The fourth-order valence-corrected chi connectivity index (χ4v) is 0.944. The van der Waals surface area contributed by atoms with E-state index in [-0.39, 0.29) is 16.5 Å². The van der Waals surface area contributed by atoms with E-state index in [0.717, 1.165) is 4.68 Å². The number of halogens is 1. The van der Waals surface area contributed by atoms with Crippen LogP contribution in [-0.2, 0) is 0 Å². The molecule has 0 unspecified atom stereocenters. The van der Waals surface area contributed by atoms with Crippen molar-refractivity contribution < 1.29 is 4.79 Å². The van der Waals surface area contributed by atoms with Gasteiger partial charge in [0, 0.05) is 0 Å². The quantitative estimate of drug-likeness (QED) is 0.493. The van der Waals surface area contributed by atoms with E-state index in [9.17, 15) is 4.79 Å². The van der Waals surface area contributed by atoms with Crippen LogP contribution in [0.3, 0.4) is 0 Å². The van der Waals surface area contributed by atoms with E-state index in [1.807, 2.05) is 0 Å². The predicted molar refractivity (Wildman–Crippen MR) is 44.4 cm³/mol. The summed E-state index contributed by atoms with van der Waals surface area (Å²) in [6.45, 7) is 6.66. The molecule has 0 saturated heterocycles. The van der Waals surface area contributed by atoms with Crippen molar-refractivity contribution in [1.82, 2.24) is 4.68 Å². The van der Waals surface area contributed by atoms with Crippen molar-refractivity contribution in [2.24, 2.45) is 5.73 Å². The lowest BCUT2D eigenvalue weighted by Crippen LogP contribution is -2.21. The molecular weight excluding hydrogens is 180 g/mol. The Morgan fingerprint density at radius 3 is 2.58 bits per heavy atom. The molecule has 0 fully saturated rings. The molecule has 62 valence electrons. The molecule has 0 aliphatic heterocycles. The fraction of sp³-hybridized carbons (Fsp3) is 0. The zero-order valence-electron chi connectivity index (χ0n) is 5.91. The zero-order valence-corrected chi connectivity index (χ0v) is 6.67. The fourth-order valence-electron chi connectivity index (χ4n) is 0.756. The zero-order chi connectivity index (χ0) is 9.30. The van der Waals surface area contributed by atoms with Gasteiger partial charge in [-0.2, -0.15) is 0 Å². The number of nitrogens with zero attached hydrogens (tertiary/aromatic N) is 2. The van der Waals surface area contributed by atoms with Crippen molar-refractivity contribution in [3.05, 3.63) is 28.3 Å². The number of hydrogen-bond donors (Lipinski definition) is 2. The normalized spacial score (nSPS) is 9.33. The summed E-state index contributed by atoms with van der Waals surface area (Å²) in [5, 5.41) is 0.0128. The van der Waals surface area contributed by atoms with E-state index in [1.54, 1.807) is 0 Å². The average molecular weight is 185 g/mol. The van der Waals surface area contributed by atoms with Gasteiger partial charge < -0.3 is 11.6 Å². The maximum absolute atomic E-state index is 10.7. The van der Waals surface area contributed by atoms with Gasteiger partial charge in [-0.1, -0.05) is 11.6 Å². The van der Waals surface area contributed by atoms with E-state index in [2.05, 4.69) is 4.85 Å². The maximum atomic E-state index is 10.7. The van der Waals surface area contributed by atoms with Gasteiger partial charge >= 0.3 is 0 Å². The van der Waals surface area contributed by atoms with Crippen molar-refractivity contribution in [3.8, 4) is 0 Å². The lowest BCUT2D eigenvalue weighted by molar-refractivity contribution is 0.0993. The van der Waals surface area contributed by atoms with Crippen molar-refractivity contribution in [2.45, 2.75) is 0 Å². The molecule has 0 aliphatic rings. The minimum absolute atomic E-state index is 0.0128. The van der Waals surface area contributed by atoms with Gasteiger partial charge in [0.15, 0.2) is 0 Å². The third-order valence-corrected chi connectivity index (χ3v) is 1.70. The summed E-state index contributed by atoms with van der Waals surface area (Å²) < 4.78 is 0.886.